The van der Waals surface area contributed by atoms with Gasteiger partial charge < -0.3 is 4.90 Å². The molecule has 0 radical (unpaired) electrons. The van der Waals surface area contributed by atoms with E-state index in [9.17, 15) is 21.4 Å². The fraction of sp³-hybridized carbons (Fsp3) is 0.571. The highest BCUT2D eigenvalue weighted by Gasteiger charge is 2.42. The van der Waals surface area contributed by atoms with Crippen LogP contribution >= 0.6 is 22.9 Å². The van der Waals surface area contributed by atoms with Gasteiger partial charge in [-0.1, -0.05) is 22.9 Å². The summed E-state index contributed by atoms with van der Waals surface area (Å²) in [5, 5.41) is 6.99. The third-order valence-electron chi connectivity index (χ3n) is 6.92. The first-order valence-corrected chi connectivity index (χ1v) is 16.2. The smallest absolute Gasteiger partial charge is 0.291 e. The molecule has 0 amide bonds. The molecule has 1 aliphatic carbocycles. The Hall–Kier alpha value is -1.94. The van der Waals surface area contributed by atoms with Crippen molar-refractivity contribution >= 4 is 53.9 Å². The lowest BCUT2D eigenvalue weighted by Gasteiger charge is -2.34. The maximum Gasteiger partial charge on any atom is 0.291 e. The second-order valence-electron chi connectivity index (χ2n) is 9.65. The minimum Gasteiger partial charge on any atom is -0.370 e. The standard InChI is InChI=1S/C21H26ClF2N7O3S3/c1-21(6-7-21)29-37(33,34)13-10-14(30-8-4-12(5-9-30)36(3,32)25-2)15-16(22)26-18(31(15)11-13)20-28-27-19(35-20)17(23)24/h10-12,17,29H,4-9H2,1-3H3. The summed E-state index contributed by atoms with van der Waals surface area (Å²) in [6, 6.07) is 1.55. The van der Waals surface area contributed by atoms with Crippen LogP contribution in [0.15, 0.2) is 21.5 Å². The number of pyridine rings is 1. The number of nitrogens with zero attached hydrogens (tertiary/aromatic N) is 6. The zero-order valence-electron chi connectivity index (χ0n) is 20.3. The second-order valence-corrected chi connectivity index (χ2v) is 15.5. The van der Waals surface area contributed by atoms with Crippen molar-refractivity contribution in [2.24, 2.45) is 4.36 Å². The highest BCUT2D eigenvalue weighted by Crippen LogP contribution is 2.40. The highest BCUT2D eigenvalue weighted by molar-refractivity contribution is 7.93. The second kappa shape index (κ2) is 9.36. The van der Waals surface area contributed by atoms with Crippen LogP contribution in [0.5, 0.6) is 0 Å². The summed E-state index contributed by atoms with van der Waals surface area (Å²) in [5.74, 6) is 0.122. The average Bonchev–Trinajstić information content (AvgIpc) is 3.23. The van der Waals surface area contributed by atoms with Crippen molar-refractivity contribution in [3.8, 4) is 10.8 Å². The highest BCUT2D eigenvalue weighted by atomic mass is 35.5. The van der Waals surface area contributed by atoms with Gasteiger partial charge in [-0.05, 0) is 38.7 Å². The lowest BCUT2D eigenvalue weighted by molar-refractivity contribution is 0.150. The molecule has 202 valence electrons. The molecular weight excluding hydrogens is 568 g/mol. The van der Waals surface area contributed by atoms with Crippen molar-refractivity contribution in [3.05, 3.63) is 22.4 Å². The van der Waals surface area contributed by atoms with Gasteiger partial charge in [0.2, 0.25) is 10.0 Å². The van der Waals surface area contributed by atoms with E-state index < -0.39 is 36.7 Å². The normalized spacial score (nSPS) is 19.9. The molecule has 1 atom stereocenters. The van der Waals surface area contributed by atoms with E-state index in [0.29, 0.717) is 48.5 Å². The van der Waals surface area contributed by atoms with E-state index in [1.165, 1.54) is 10.6 Å². The number of anilines is 1. The van der Waals surface area contributed by atoms with Crippen LogP contribution < -0.4 is 9.62 Å². The van der Waals surface area contributed by atoms with Crippen LogP contribution in [0.25, 0.3) is 16.3 Å². The summed E-state index contributed by atoms with van der Waals surface area (Å²) in [6.07, 6.45) is 2.89. The molecule has 1 saturated heterocycles. The summed E-state index contributed by atoms with van der Waals surface area (Å²) in [6.45, 7) is 2.84. The molecule has 16 heteroatoms. The van der Waals surface area contributed by atoms with E-state index in [1.807, 2.05) is 11.8 Å². The van der Waals surface area contributed by atoms with Crippen molar-refractivity contribution in [2.75, 3.05) is 31.3 Å². The molecule has 1 N–H and O–H groups in total. The Morgan fingerprint density at radius 1 is 1.24 bits per heavy atom. The van der Waals surface area contributed by atoms with Crippen molar-refractivity contribution in [3.63, 3.8) is 0 Å². The first-order valence-electron chi connectivity index (χ1n) is 11.5. The average molecular weight is 594 g/mol. The van der Waals surface area contributed by atoms with Crippen LogP contribution in [-0.4, -0.2) is 69.4 Å². The molecular formula is C21H26ClF2N7O3S3. The molecule has 5 rings (SSSR count). The first-order chi connectivity index (χ1) is 17.3. The van der Waals surface area contributed by atoms with Crippen molar-refractivity contribution < 1.29 is 21.4 Å². The minimum atomic E-state index is -3.93. The topological polar surface area (TPSA) is 122 Å². The number of hydrogen-bond donors (Lipinski definition) is 1. The number of halogens is 3. The summed E-state index contributed by atoms with van der Waals surface area (Å²) in [5.41, 5.74) is 0.455. The SMILES string of the molecule is CN=S(C)(=O)C1CCN(c2cc(S(=O)(=O)NC3(C)CC3)cn3c(-c4nnc(C(F)F)s4)nc(Cl)c23)CC1. The van der Waals surface area contributed by atoms with Crippen LogP contribution in [0, 0.1) is 0 Å². The Kier molecular flexibility index (Phi) is 6.74. The molecule has 3 aromatic heterocycles. The molecule has 0 aromatic carbocycles. The fourth-order valence-electron chi connectivity index (χ4n) is 4.44. The van der Waals surface area contributed by atoms with Crippen LogP contribution in [0.2, 0.25) is 5.15 Å². The number of imidazole rings is 1. The molecule has 0 spiro atoms. The monoisotopic (exact) mass is 593 g/mol. The Balaban J connectivity index is 1.63. The van der Waals surface area contributed by atoms with Crippen LogP contribution in [0.4, 0.5) is 14.5 Å². The lowest BCUT2D eigenvalue weighted by Crippen LogP contribution is -2.39. The molecule has 4 heterocycles. The van der Waals surface area contributed by atoms with Crippen molar-refractivity contribution in [1.82, 2.24) is 24.3 Å². The number of nitrogens with one attached hydrogen (secondary N) is 1. The zero-order chi connectivity index (χ0) is 26.8. The zero-order valence-corrected chi connectivity index (χ0v) is 23.5. The van der Waals surface area contributed by atoms with Crippen LogP contribution in [-0.2, 0) is 19.8 Å². The van der Waals surface area contributed by atoms with Gasteiger partial charge >= 0.3 is 0 Å². The number of sulfonamides is 1. The van der Waals surface area contributed by atoms with Gasteiger partial charge in [-0.25, -0.2) is 35.5 Å². The van der Waals surface area contributed by atoms with E-state index in [0.717, 1.165) is 12.8 Å². The first kappa shape index (κ1) is 26.7. The third kappa shape index (κ3) is 5.07. The molecule has 1 saturated carbocycles. The summed E-state index contributed by atoms with van der Waals surface area (Å²) in [4.78, 5) is 6.33. The summed E-state index contributed by atoms with van der Waals surface area (Å²) >= 11 is 7.22. The van der Waals surface area contributed by atoms with Gasteiger partial charge in [0, 0.05) is 53.1 Å². The van der Waals surface area contributed by atoms with Gasteiger partial charge in [0.25, 0.3) is 6.43 Å². The number of piperidine rings is 1. The molecule has 10 nitrogen and oxygen atoms in total. The van der Waals surface area contributed by atoms with Crippen molar-refractivity contribution in [2.45, 2.75) is 54.7 Å². The van der Waals surface area contributed by atoms with Crippen LogP contribution in [0.1, 0.15) is 44.0 Å². The van der Waals surface area contributed by atoms with E-state index in [4.69, 9.17) is 11.6 Å². The maximum absolute atomic E-state index is 13.4. The van der Waals surface area contributed by atoms with E-state index >= 15 is 0 Å². The number of rotatable bonds is 7. The van der Waals surface area contributed by atoms with Gasteiger partial charge in [0.15, 0.2) is 21.0 Å². The Morgan fingerprint density at radius 2 is 1.92 bits per heavy atom. The van der Waals surface area contributed by atoms with Crippen molar-refractivity contribution in [1.29, 1.82) is 0 Å². The predicted octanol–water partition coefficient (Wildman–Crippen LogP) is 3.97. The van der Waals surface area contributed by atoms with E-state index in [2.05, 4.69) is 24.3 Å². The predicted molar refractivity (Wildman–Crippen MR) is 140 cm³/mol. The van der Waals surface area contributed by atoms with E-state index in [-0.39, 0.29) is 26.1 Å². The van der Waals surface area contributed by atoms with Gasteiger partial charge in [-0.15, -0.1) is 10.2 Å². The fourth-order valence-corrected chi connectivity index (χ4v) is 8.25. The largest absolute Gasteiger partial charge is 0.370 e. The van der Waals surface area contributed by atoms with Gasteiger partial charge in [-0.3, -0.25) is 4.40 Å². The Labute approximate surface area is 222 Å². The molecule has 0 bridgehead atoms. The summed E-state index contributed by atoms with van der Waals surface area (Å²) < 4.78 is 74.2. The maximum atomic E-state index is 13.4. The van der Waals surface area contributed by atoms with Gasteiger partial charge in [-0.2, -0.15) is 0 Å². The van der Waals surface area contributed by atoms with E-state index in [1.54, 1.807) is 19.4 Å². The lowest BCUT2D eigenvalue weighted by atomic mass is 10.1. The number of fused-ring (bicyclic) bond motifs is 1. The van der Waals surface area contributed by atoms with Gasteiger partial charge in [0.05, 0.1) is 5.69 Å². The Bertz CT molecular complexity index is 1590. The molecule has 2 fully saturated rings. The molecule has 2 aliphatic rings. The number of hydrogen-bond acceptors (Lipinski definition) is 9. The quantitative estimate of drug-likeness (QED) is 0.440. The molecule has 1 unspecified atom stereocenters. The molecule has 1 aliphatic heterocycles. The third-order valence-corrected chi connectivity index (χ3v) is 12.1. The number of alkyl halides is 2. The number of aromatic nitrogens is 4. The molecule has 3 aromatic rings. The minimum absolute atomic E-state index is 0.0120. The summed E-state index contributed by atoms with van der Waals surface area (Å²) in [7, 11) is -4.71. The van der Waals surface area contributed by atoms with Crippen LogP contribution in [0.3, 0.4) is 0 Å². The molecule has 37 heavy (non-hydrogen) atoms. The van der Waals surface area contributed by atoms with Gasteiger partial charge in [0.1, 0.15) is 10.4 Å². The Morgan fingerprint density at radius 3 is 2.49 bits per heavy atom.